The summed E-state index contributed by atoms with van der Waals surface area (Å²) in [5.41, 5.74) is 2.76. The Morgan fingerprint density at radius 3 is 2.55 bits per heavy atom. The first-order chi connectivity index (χ1) is 16.1. The number of fused-ring (bicyclic) bond motifs is 1. The van der Waals surface area contributed by atoms with Crippen LogP contribution in [-0.4, -0.2) is 32.6 Å². The predicted molar refractivity (Wildman–Crippen MR) is 126 cm³/mol. The average Bonchev–Trinajstić information content (AvgIpc) is 2.84. The van der Waals surface area contributed by atoms with E-state index < -0.39 is 0 Å². The van der Waals surface area contributed by atoms with Crippen LogP contribution >= 0.6 is 0 Å². The third-order valence-electron chi connectivity index (χ3n) is 5.18. The summed E-state index contributed by atoms with van der Waals surface area (Å²) < 4.78 is 16.3. The van der Waals surface area contributed by atoms with Crippen molar-refractivity contribution in [1.29, 1.82) is 0 Å². The highest BCUT2D eigenvalue weighted by Gasteiger charge is 2.23. The standard InChI is InChI=1S/C26H24N2O5/c1-31-22-10-8-18(14-23(22)32-2)12-13-27-25(29)19-9-11-21-20(16-19)28-26(30)24(33-21)15-17-6-4-3-5-7-17/h3-11,14-16H,12-13H2,1-2H3,(H,27,29)(H,28,30). The summed E-state index contributed by atoms with van der Waals surface area (Å²) in [5, 5.41) is 5.69. The fourth-order valence-corrected chi connectivity index (χ4v) is 3.46. The maximum absolute atomic E-state index is 12.6. The number of nitrogens with one attached hydrogen (secondary N) is 2. The molecular formula is C26H24N2O5. The Labute approximate surface area is 192 Å². The molecule has 33 heavy (non-hydrogen) atoms. The first-order valence-corrected chi connectivity index (χ1v) is 10.5. The van der Waals surface area contributed by atoms with Gasteiger partial charge in [-0.1, -0.05) is 36.4 Å². The lowest BCUT2D eigenvalue weighted by molar-refractivity contribution is -0.115. The highest BCUT2D eigenvalue weighted by Crippen LogP contribution is 2.32. The molecule has 1 aliphatic heterocycles. The number of benzene rings is 3. The van der Waals surface area contributed by atoms with Gasteiger partial charge < -0.3 is 24.8 Å². The van der Waals surface area contributed by atoms with Crippen LogP contribution in [0.3, 0.4) is 0 Å². The van der Waals surface area contributed by atoms with Gasteiger partial charge in [-0.05, 0) is 54.0 Å². The van der Waals surface area contributed by atoms with E-state index in [0.717, 1.165) is 11.1 Å². The van der Waals surface area contributed by atoms with Gasteiger partial charge in [0.2, 0.25) is 0 Å². The van der Waals surface area contributed by atoms with Crippen LogP contribution in [0, 0.1) is 0 Å². The zero-order chi connectivity index (χ0) is 23.2. The highest BCUT2D eigenvalue weighted by atomic mass is 16.5. The van der Waals surface area contributed by atoms with E-state index >= 15 is 0 Å². The van der Waals surface area contributed by atoms with E-state index in [-0.39, 0.29) is 17.6 Å². The molecule has 3 aromatic rings. The molecule has 4 rings (SSSR count). The predicted octanol–water partition coefficient (Wildman–Crippen LogP) is 4.05. The quantitative estimate of drug-likeness (QED) is 0.537. The van der Waals surface area contributed by atoms with E-state index in [9.17, 15) is 9.59 Å². The van der Waals surface area contributed by atoms with E-state index in [4.69, 9.17) is 14.2 Å². The highest BCUT2D eigenvalue weighted by molar-refractivity contribution is 6.09. The van der Waals surface area contributed by atoms with E-state index in [1.165, 1.54) is 0 Å². The van der Waals surface area contributed by atoms with Gasteiger partial charge in [-0.2, -0.15) is 0 Å². The monoisotopic (exact) mass is 444 g/mol. The first kappa shape index (κ1) is 22.0. The number of carbonyl (C=O) groups is 2. The molecule has 0 aromatic heterocycles. The maximum Gasteiger partial charge on any atom is 0.291 e. The number of rotatable bonds is 7. The summed E-state index contributed by atoms with van der Waals surface area (Å²) >= 11 is 0. The molecule has 0 aliphatic carbocycles. The lowest BCUT2D eigenvalue weighted by atomic mass is 10.1. The lowest BCUT2D eigenvalue weighted by Crippen LogP contribution is -2.27. The van der Waals surface area contributed by atoms with Crippen LogP contribution in [0.25, 0.3) is 6.08 Å². The number of ether oxygens (including phenoxy) is 3. The van der Waals surface area contributed by atoms with Crippen molar-refractivity contribution in [3.05, 3.63) is 89.2 Å². The van der Waals surface area contributed by atoms with Crippen LogP contribution in [0.4, 0.5) is 5.69 Å². The van der Waals surface area contributed by atoms with Crippen molar-refractivity contribution < 1.29 is 23.8 Å². The summed E-state index contributed by atoms with van der Waals surface area (Å²) in [7, 11) is 3.17. The Hall–Kier alpha value is -4.26. The van der Waals surface area contributed by atoms with Crippen molar-refractivity contribution in [3.8, 4) is 17.2 Å². The molecule has 0 spiro atoms. The molecule has 2 amide bonds. The van der Waals surface area contributed by atoms with Crippen molar-refractivity contribution in [2.24, 2.45) is 0 Å². The number of methoxy groups -OCH3 is 2. The van der Waals surface area contributed by atoms with Gasteiger partial charge in [0, 0.05) is 12.1 Å². The van der Waals surface area contributed by atoms with Crippen LogP contribution in [0.1, 0.15) is 21.5 Å². The van der Waals surface area contributed by atoms with Crippen LogP contribution in [0.15, 0.2) is 72.5 Å². The summed E-state index contributed by atoms with van der Waals surface area (Å²) in [6.07, 6.45) is 2.30. The smallest absolute Gasteiger partial charge is 0.291 e. The summed E-state index contributed by atoms with van der Waals surface area (Å²) in [6, 6.07) is 20.0. The molecule has 1 aliphatic rings. The van der Waals surface area contributed by atoms with Gasteiger partial charge in [0.15, 0.2) is 23.0 Å². The Bertz CT molecular complexity index is 1200. The normalized spacial score (nSPS) is 13.5. The second-order valence-electron chi connectivity index (χ2n) is 7.38. The van der Waals surface area contributed by atoms with Gasteiger partial charge in [0.25, 0.3) is 11.8 Å². The van der Waals surface area contributed by atoms with Gasteiger partial charge >= 0.3 is 0 Å². The van der Waals surface area contributed by atoms with E-state index in [1.807, 2.05) is 48.5 Å². The number of amides is 2. The van der Waals surface area contributed by atoms with Crippen molar-refractivity contribution in [2.45, 2.75) is 6.42 Å². The molecule has 1 heterocycles. The van der Waals surface area contributed by atoms with Crippen LogP contribution in [0.5, 0.6) is 17.2 Å². The van der Waals surface area contributed by atoms with Gasteiger partial charge in [-0.25, -0.2) is 0 Å². The molecule has 0 radical (unpaired) electrons. The molecule has 0 saturated heterocycles. The largest absolute Gasteiger partial charge is 0.493 e. The SMILES string of the molecule is COc1ccc(CCNC(=O)c2ccc3c(c2)NC(=O)C(=Cc2ccccc2)O3)cc1OC. The first-order valence-electron chi connectivity index (χ1n) is 10.5. The molecule has 0 fully saturated rings. The second-order valence-corrected chi connectivity index (χ2v) is 7.38. The number of hydrogen-bond acceptors (Lipinski definition) is 5. The Morgan fingerprint density at radius 2 is 1.79 bits per heavy atom. The third-order valence-corrected chi connectivity index (χ3v) is 5.18. The van der Waals surface area contributed by atoms with Crippen LogP contribution in [0.2, 0.25) is 0 Å². The number of carbonyl (C=O) groups excluding carboxylic acids is 2. The van der Waals surface area contributed by atoms with E-state index in [0.29, 0.717) is 41.5 Å². The van der Waals surface area contributed by atoms with Crippen molar-refractivity contribution in [1.82, 2.24) is 5.32 Å². The molecule has 168 valence electrons. The minimum Gasteiger partial charge on any atom is -0.493 e. The zero-order valence-electron chi connectivity index (χ0n) is 18.4. The van der Waals surface area contributed by atoms with E-state index in [1.54, 1.807) is 38.5 Å². The zero-order valence-corrected chi connectivity index (χ0v) is 18.4. The minimum atomic E-state index is -0.364. The fourth-order valence-electron chi connectivity index (χ4n) is 3.46. The maximum atomic E-state index is 12.6. The van der Waals surface area contributed by atoms with Gasteiger partial charge in [0.05, 0.1) is 19.9 Å². The third kappa shape index (κ3) is 5.15. The van der Waals surface area contributed by atoms with Gasteiger partial charge in [-0.15, -0.1) is 0 Å². The molecule has 7 heteroatoms. The topological polar surface area (TPSA) is 85.9 Å². The summed E-state index contributed by atoms with van der Waals surface area (Å²) in [5.74, 6) is 1.38. The van der Waals surface area contributed by atoms with Gasteiger partial charge in [-0.3, -0.25) is 9.59 Å². The minimum absolute atomic E-state index is 0.195. The Kier molecular flexibility index (Phi) is 6.59. The summed E-state index contributed by atoms with van der Waals surface area (Å²) in [4.78, 5) is 25.1. The average molecular weight is 444 g/mol. The Morgan fingerprint density at radius 1 is 1.00 bits per heavy atom. The molecule has 7 nitrogen and oxygen atoms in total. The molecule has 3 aromatic carbocycles. The van der Waals surface area contributed by atoms with Crippen LogP contribution in [-0.2, 0) is 11.2 Å². The molecule has 0 bridgehead atoms. The molecule has 2 N–H and O–H groups in total. The van der Waals surface area contributed by atoms with Crippen LogP contribution < -0.4 is 24.8 Å². The van der Waals surface area contributed by atoms with Crippen molar-refractivity contribution in [3.63, 3.8) is 0 Å². The lowest BCUT2D eigenvalue weighted by Gasteiger charge is -2.20. The second kappa shape index (κ2) is 9.91. The number of hydrogen-bond donors (Lipinski definition) is 2. The van der Waals surface area contributed by atoms with E-state index in [2.05, 4.69) is 10.6 Å². The number of anilines is 1. The Balaban J connectivity index is 1.39. The molecule has 0 saturated carbocycles. The summed E-state index contributed by atoms with van der Waals surface area (Å²) in [6.45, 7) is 0.443. The van der Waals surface area contributed by atoms with Crippen molar-refractivity contribution >= 4 is 23.6 Å². The molecule has 0 atom stereocenters. The van der Waals surface area contributed by atoms with Gasteiger partial charge in [0.1, 0.15) is 0 Å². The fraction of sp³-hybridized carbons (Fsp3) is 0.154. The van der Waals surface area contributed by atoms with Crippen molar-refractivity contribution in [2.75, 3.05) is 26.1 Å². The molecule has 0 unspecified atom stereocenters. The molecular weight excluding hydrogens is 420 g/mol.